The minimum atomic E-state index is -0.778. The Hall–Kier alpha value is -1.31. The predicted molar refractivity (Wildman–Crippen MR) is 88.4 cm³/mol. The second kappa shape index (κ2) is 6.44. The predicted octanol–water partition coefficient (Wildman–Crippen LogP) is 2.70. The summed E-state index contributed by atoms with van der Waals surface area (Å²) < 4.78 is 5.42. The van der Waals surface area contributed by atoms with Gasteiger partial charge in [0.2, 0.25) is 0 Å². The maximum Gasteiger partial charge on any atom is 0.254 e. The number of hydrogen-bond acceptors (Lipinski definition) is 6. The number of nitrogens with zero attached hydrogens (tertiary/aromatic N) is 1. The molecule has 3 heterocycles. The molecule has 0 spiro atoms. The molecule has 22 heavy (non-hydrogen) atoms. The molecule has 0 aromatic carbocycles. The summed E-state index contributed by atoms with van der Waals surface area (Å²) in [5, 5.41) is 16.1. The van der Waals surface area contributed by atoms with Gasteiger partial charge in [-0.1, -0.05) is 0 Å². The molecule has 1 amide bonds. The lowest BCUT2D eigenvalue weighted by Gasteiger charge is -2.31. The molecular weight excluding hydrogens is 320 g/mol. The van der Waals surface area contributed by atoms with Crippen molar-refractivity contribution in [1.82, 2.24) is 10.3 Å². The number of thiazole rings is 1. The lowest BCUT2D eigenvalue weighted by atomic mass is 9.97. The molecule has 0 bridgehead atoms. The van der Waals surface area contributed by atoms with E-state index in [1.807, 2.05) is 24.1 Å². The van der Waals surface area contributed by atoms with E-state index >= 15 is 0 Å². The Morgan fingerprint density at radius 1 is 1.50 bits per heavy atom. The smallest absolute Gasteiger partial charge is 0.254 e. The second-order valence-corrected chi connectivity index (χ2v) is 7.76. The van der Waals surface area contributed by atoms with Crippen molar-refractivity contribution in [1.29, 1.82) is 0 Å². The summed E-state index contributed by atoms with van der Waals surface area (Å²) in [6.45, 7) is 2.20. The Bertz CT molecular complexity index is 659. The summed E-state index contributed by atoms with van der Waals surface area (Å²) in [4.78, 5) is 16.5. The fraction of sp³-hybridized carbons (Fsp3) is 0.467. The molecule has 2 aromatic heterocycles. The van der Waals surface area contributed by atoms with Gasteiger partial charge in [0, 0.05) is 11.9 Å². The summed E-state index contributed by atoms with van der Waals surface area (Å²) in [5.41, 5.74) is 0.415. The number of amides is 1. The molecule has 0 unspecified atom stereocenters. The molecule has 1 aliphatic heterocycles. The SMILES string of the molecule is Cc1nc(-c2cc(C(=O)NCC3(O)CCSCC3)co2)cs1. The van der Waals surface area contributed by atoms with Crippen LogP contribution in [-0.2, 0) is 0 Å². The number of aromatic nitrogens is 1. The van der Waals surface area contributed by atoms with Crippen LogP contribution in [-0.4, -0.2) is 39.6 Å². The summed E-state index contributed by atoms with van der Waals surface area (Å²) in [5.74, 6) is 2.23. The largest absolute Gasteiger partial charge is 0.462 e. The van der Waals surface area contributed by atoms with Crippen LogP contribution in [0.3, 0.4) is 0 Å². The fourth-order valence-electron chi connectivity index (χ4n) is 2.34. The van der Waals surface area contributed by atoms with Crippen LogP contribution in [0.5, 0.6) is 0 Å². The lowest BCUT2D eigenvalue weighted by Crippen LogP contribution is -2.45. The van der Waals surface area contributed by atoms with Gasteiger partial charge in [-0.15, -0.1) is 11.3 Å². The summed E-state index contributed by atoms with van der Waals surface area (Å²) >= 11 is 3.38. The third-order valence-electron chi connectivity index (χ3n) is 3.73. The van der Waals surface area contributed by atoms with Gasteiger partial charge in [0.15, 0.2) is 5.76 Å². The Kier molecular flexibility index (Phi) is 4.56. The fourth-order valence-corrected chi connectivity index (χ4v) is 4.20. The first-order chi connectivity index (χ1) is 10.6. The van der Waals surface area contributed by atoms with Crippen molar-refractivity contribution in [3.05, 3.63) is 28.3 Å². The lowest BCUT2D eigenvalue weighted by molar-refractivity contribution is 0.0311. The van der Waals surface area contributed by atoms with Gasteiger partial charge in [0.1, 0.15) is 12.0 Å². The summed E-state index contributed by atoms with van der Waals surface area (Å²) in [7, 11) is 0. The molecule has 2 N–H and O–H groups in total. The topological polar surface area (TPSA) is 75.4 Å². The van der Waals surface area contributed by atoms with E-state index in [-0.39, 0.29) is 12.5 Å². The first kappa shape index (κ1) is 15.6. The highest BCUT2D eigenvalue weighted by molar-refractivity contribution is 7.99. The molecule has 0 radical (unpaired) electrons. The number of nitrogens with one attached hydrogen (secondary N) is 1. The van der Waals surface area contributed by atoms with E-state index in [9.17, 15) is 9.90 Å². The first-order valence-electron chi connectivity index (χ1n) is 7.15. The molecule has 0 aliphatic carbocycles. The van der Waals surface area contributed by atoms with Crippen molar-refractivity contribution < 1.29 is 14.3 Å². The van der Waals surface area contributed by atoms with Crippen LogP contribution in [0.25, 0.3) is 11.5 Å². The van der Waals surface area contributed by atoms with Gasteiger partial charge in [-0.25, -0.2) is 4.98 Å². The molecule has 5 nitrogen and oxygen atoms in total. The molecular formula is C15H18N2O3S2. The normalized spacial score (nSPS) is 17.4. The second-order valence-electron chi connectivity index (χ2n) is 5.47. The number of thioether (sulfide) groups is 1. The molecule has 3 rings (SSSR count). The van der Waals surface area contributed by atoms with Gasteiger partial charge >= 0.3 is 0 Å². The van der Waals surface area contributed by atoms with Crippen molar-refractivity contribution >= 4 is 29.0 Å². The van der Waals surface area contributed by atoms with Crippen LogP contribution in [0.15, 0.2) is 22.1 Å². The van der Waals surface area contributed by atoms with Crippen LogP contribution < -0.4 is 5.32 Å². The van der Waals surface area contributed by atoms with Crippen molar-refractivity contribution in [2.45, 2.75) is 25.4 Å². The molecule has 1 fully saturated rings. The van der Waals surface area contributed by atoms with E-state index < -0.39 is 5.60 Å². The average Bonchev–Trinajstić information content (AvgIpc) is 3.14. The molecule has 1 saturated heterocycles. The minimum Gasteiger partial charge on any atom is -0.462 e. The molecule has 2 aromatic rings. The minimum absolute atomic E-state index is 0.228. The van der Waals surface area contributed by atoms with E-state index in [4.69, 9.17) is 4.42 Å². The van der Waals surface area contributed by atoms with Gasteiger partial charge in [-0.3, -0.25) is 4.79 Å². The highest BCUT2D eigenvalue weighted by Gasteiger charge is 2.30. The highest BCUT2D eigenvalue weighted by Crippen LogP contribution is 2.27. The summed E-state index contributed by atoms with van der Waals surface area (Å²) in [6.07, 6.45) is 2.86. The molecule has 7 heteroatoms. The molecule has 0 saturated carbocycles. The Morgan fingerprint density at radius 3 is 2.95 bits per heavy atom. The van der Waals surface area contributed by atoms with Crippen LogP contribution in [0.4, 0.5) is 0 Å². The third kappa shape index (κ3) is 3.53. The third-order valence-corrected chi connectivity index (χ3v) is 5.49. The number of rotatable bonds is 4. The average molecular weight is 338 g/mol. The maximum absolute atomic E-state index is 12.2. The first-order valence-corrected chi connectivity index (χ1v) is 9.19. The van der Waals surface area contributed by atoms with Gasteiger partial charge in [-0.2, -0.15) is 11.8 Å². The molecule has 1 aliphatic rings. The number of furan rings is 1. The van der Waals surface area contributed by atoms with Gasteiger partial charge < -0.3 is 14.8 Å². The quantitative estimate of drug-likeness (QED) is 0.896. The van der Waals surface area contributed by atoms with E-state index in [0.29, 0.717) is 24.2 Å². The van der Waals surface area contributed by atoms with Crippen molar-refractivity contribution in [2.24, 2.45) is 0 Å². The van der Waals surface area contributed by atoms with Gasteiger partial charge in [-0.05, 0) is 37.3 Å². The van der Waals surface area contributed by atoms with E-state index in [1.54, 1.807) is 6.07 Å². The number of carbonyl (C=O) groups excluding carboxylic acids is 1. The Balaban J connectivity index is 1.62. The van der Waals surface area contributed by atoms with Gasteiger partial charge in [0.05, 0.1) is 16.2 Å². The zero-order valence-electron chi connectivity index (χ0n) is 12.3. The van der Waals surface area contributed by atoms with Crippen LogP contribution >= 0.6 is 23.1 Å². The number of aryl methyl sites for hydroxylation is 1. The van der Waals surface area contributed by atoms with Gasteiger partial charge in [0.25, 0.3) is 5.91 Å². The number of carbonyl (C=O) groups is 1. The van der Waals surface area contributed by atoms with Crippen LogP contribution in [0.1, 0.15) is 28.2 Å². The van der Waals surface area contributed by atoms with Crippen LogP contribution in [0.2, 0.25) is 0 Å². The molecule has 118 valence electrons. The zero-order chi connectivity index (χ0) is 15.6. The maximum atomic E-state index is 12.2. The van der Waals surface area contributed by atoms with E-state index in [0.717, 1.165) is 22.2 Å². The van der Waals surface area contributed by atoms with Crippen molar-refractivity contribution in [3.8, 4) is 11.5 Å². The summed E-state index contributed by atoms with van der Waals surface area (Å²) in [6, 6.07) is 1.69. The number of hydrogen-bond donors (Lipinski definition) is 2. The van der Waals surface area contributed by atoms with Crippen molar-refractivity contribution in [3.63, 3.8) is 0 Å². The number of aliphatic hydroxyl groups is 1. The van der Waals surface area contributed by atoms with E-state index in [1.165, 1.54) is 17.6 Å². The van der Waals surface area contributed by atoms with Crippen LogP contribution in [0, 0.1) is 6.92 Å². The zero-order valence-corrected chi connectivity index (χ0v) is 13.9. The monoisotopic (exact) mass is 338 g/mol. The Morgan fingerprint density at radius 2 is 2.27 bits per heavy atom. The van der Waals surface area contributed by atoms with E-state index in [2.05, 4.69) is 10.3 Å². The van der Waals surface area contributed by atoms with Crippen molar-refractivity contribution in [2.75, 3.05) is 18.1 Å². The Labute approximate surface area is 137 Å². The standard InChI is InChI=1S/C15H18N2O3S2/c1-10-17-12(8-22-10)13-6-11(7-20-13)14(18)16-9-15(19)2-4-21-5-3-15/h6-8,19H,2-5,9H2,1H3,(H,16,18). The molecule has 0 atom stereocenters. The highest BCUT2D eigenvalue weighted by atomic mass is 32.2.